The van der Waals surface area contributed by atoms with Crippen molar-refractivity contribution in [1.82, 2.24) is 23.7 Å². The maximum absolute atomic E-state index is 5.22. The van der Waals surface area contributed by atoms with Crippen molar-refractivity contribution in [2.45, 2.75) is 0 Å². The van der Waals surface area contributed by atoms with E-state index in [1.54, 1.807) is 0 Å². The van der Waals surface area contributed by atoms with Gasteiger partial charge in [-0.15, -0.1) is 10.2 Å². The molecule has 0 saturated carbocycles. The third kappa shape index (κ3) is 3.98. The lowest BCUT2D eigenvalue weighted by Gasteiger charge is -2.13. The molecule has 0 spiro atoms. The highest BCUT2D eigenvalue weighted by atomic mass is 15.2. The summed E-state index contributed by atoms with van der Waals surface area (Å²) >= 11 is 0. The van der Waals surface area contributed by atoms with Gasteiger partial charge in [0.05, 0.1) is 38.6 Å². The Morgan fingerprint density at radius 1 is 0.322 bits per heavy atom. The van der Waals surface area contributed by atoms with Gasteiger partial charge in [-0.05, 0) is 59.3 Å². The van der Waals surface area contributed by atoms with Gasteiger partial charge in [0, 0.05) is 65.1 Å². The van der Waals surface area contributed by atoms with E-state index in [0.717, 1.165) is 50.1 Å². The molecule has 5 heterocycles. The van der Waals surface area contributed by atoms with Crippen molar-refractivity contribution in [2.75, 3.05) is 0 Å². The minimum atomic E-state index is 0.821. The molecule has 0 aliphatic rings. The van der Waals surface area contributed by atoms with Crippen LogP contribution >= 0.6 is 0 Å². The predicted molar refractivity (Wildman–Crippen MR) is 246 cm³/mol. The lowest BCUT2D eigenvalue weighted by Crippen LogP contribution is -2.02. The molecule has 272 valence electrons. The maximum Gasteiger partial charge on any atom is 0.168 e. The number of hydrogen-bond acceptors (Lipinski definition) is 2. The monoisotopic (exact) mass is 749 g/mol. The quantitative estimate of drug-likeness (QED) is 0.180. The Morgan fingerprint density at radius 3 is 1.75 bits per heavy atom. The second-order valence-electron chi connectivity index (χ2n) is 15.8. The van der Waals surface area contributed by atoms with Crippen LogP contribution in [0, 0.1) is 0 Å². The Kier molecular flexibility index (Phi) is 5.96. The van der Waals surface area contributed by atoms with E-state index in [2.05, 4.69) is 202 Å². The summed E-state index contributed by atoms with van der Waals surface area (Å²) in [5, 5.41) is 24.9. The first-order valence-corrected chi connectivity index (χ1v) is 20.2. The van der Waals surface area contributed by atoms with E-state index in [9.17, 15) is 0 Å². The van der Waals surface area contributed by atoms with Crippen molar-refractivity contribution >= 4 is 103 Å². The summed E-state index contributed by atoms with van der Waals surface area (Å²) in [6, 6.07) is 68.1. The average Bonchev–Trinajstić information content (AvgIpc) is 4.03. The summed E-state index contributed by atoms with van der Waals surface area (Å²) in [6.07, 6.45) is 0. The van der Waals surface area contributed by atoms with Gasteiger partial charge in [0.2, 0.25) is 0 Å². The molecule has 0 aliphatic heterocycles. The number of para-hydroxylation sites is 4. The van der Waals surface area contributed by atoms with E-state index >= 15 is 0 Å². The highest BCUT2D eigenvalue weighted by molar-refractivity contribution is 6.39. The second-order valence-corrected chi connectivity index (χ2v) is 15.8. The van der Waals surface area contributed by atoms with Gasteiger partial charge in [-0.1, -0.05) is 140 Å². The minimum absolute atomic E-state index is 0.821. The molecule has 0 saturated heterocycles. The third-order valence-electron chi connectivity index (χ3n) is 12.8. The van der Waals surface area contributed by atoms with Crippen molar-refractivity contribution in [3.63, 3.8) is 0 Å². The fraction of sp³-hybridized carbons (Fsp3) is 0. The van der Waals surface area contributed by atoms with Gasteiger partial charge in [0.25, 0.3) is 0 Å². The SMILES string of the molecule is c1ccc(-n2c3ccccc3c3ccc(-c4nnc(-n5c6ccccc6c6c7c8c9ccccc9ccc8n8c9ccccc9c(cc65)c78)c5ccccc45)cc32)cc1. The molecule has 0 amide bonds. The lowest BCUT2D eigenvalue weighted by molar-refractivity contribution is 0.977. The lowest BCUT2D eigenvalue weighted by atomic mass is 9.98. The van der Waals surface area contributed by atoms with E-state index in [-0.39, 0.29) is 0 Å². The summed E-state index contributed by atoms with van der Waals surface area (Å²) in [4.78, 5) is 0. The van der Waals surface area contributed by atoms with Crippen LogP contribution in [0.15, 0.2) is 188 Å². The molecule has 14 aromatic rings. The van der Waals surface area contributed by atoms with Crippen LogP contribution in [-0.4, -0.2) is 23.7 Å². The maximum atomic E-state index is 5.22. The molecule has 0 fully saturated rings. The average molecular weight is 750 g/mol. The molecule has 0 N–H and O–H groups in total. The molecule has 59 heavy (non-hydrogen) atoms. The number of rotatable bonds is 3. The Labute approximate surface area is 336 Å². The van der Waals surface area contributed by atoms with Crippen molar-refractivity contribution in [3.8, 4) is 22.8 Å². The van der Waals surface area contributed by atoms with Crippen LogP contribution in [0.5, 0.6) is 0 Å². The van der Waals surface area contributed by atoms with Gasteiger partial charge in [-0.2, -0.15) is 0 Å². The van der Waals surface area contributed by atoms with Crippen molar-refractivity contribution in [3.05, 3.63) is 188 Å². The number of nitrogens with zero attached hydrogens (tertiary/aromatic N) is 5. The van der Waals surface area contributed by atoms with Gasteiger partial charge >= 0.3 is 0 Å². The second kappa shape index (κ2) is 11.3. The number of fused-ring (bicyclic) bond motifs is 16. The summed E-state index contributed by atoms with van der Waals surface area (Å²) in [5.41, 5.74) is 11.3. The third-order valence-corrected chi connectivity index (χ3v) is 12.8. The fourth-order valence-electron chi connectivity index (χ4n) is 10.4. The van der Waals surface area contributed by atoms with Crippen molar-refractivity contribution in [1.29, 1.82) is 0 Å². The van der Waals surface area contributed by atoms with E-state index in [1.807, 2.05) is 0 Å². The standard InChI is InChI=1S/C54H31N5/c1-2-15-34(16-3-1)57-43-23-11-8-18-36(43)38-28-26-33(30-47(38)57)52-39-20-6-7-21-40(39)54(56-55-52)59-45-25-13-10-22-41(45)50-48(59)31-42-37-19-9-12-24-44(37)58-46-29-27-32-14-4-5-17-35(32)49(46)51(50)53(42)58/h1-31H. The van der Waals surface area contributed by atoms with Crippen LogP contribution < -0.4 is 0 Å². The topological polar surface area (TPSA) is 40.0 Å². The van der Waals surface area contributed by atoms with Crippen LogP contribution in [0.4, 0.5) is 0 Å². The summed E-state index contributed by atoms with van der Waals surface area (Å²) in [5.74, 6) is 0.821. The normalized spacial score (nSPS) is 12.4. The Morgan fingerprint density at radius 2 is 0.932 bits per heavy atom. The largest absolute Gasteiger partial charge is 0.309 e. The Hall–Kier alpha value is -8.02. The first-order valence-electron chi connectivity index (χ1n) is 20.2. The number of hydrogen-bond donors (Lipinski definition) is 0. The molecule has 5 heteroatoms. The molecule has 0 unspecified atom stereocenters. The molecule has 0 radical (unpaired) electrons. The van der Waals surface area contributed by atoms with Gasteiger partial charge in [-0.25, -0.2) is 0 Å². The zero-order valence-electron chi connectivity index (χ0n) is 31.6. The van der Waals surface area contributed by atoms with E-state index < -0.39 is 0 Å². The highest BCUT2D eigenvalue weighted by Gasteiger charge is 2.26. The van der Waals surface area contributed by atoms with Crippen molar-refractivity contribution in [2.24, 2.45) is 0 Å². The molecule has 0 aliphatic carbocycles. The Bertz CT molecular complexity index is 4070. The fourth-order valence-corrected chi connectivity index (χ4v) is 10.4. The van der Waals surface area contributed by atoms with Crippen LogP contribution in [0.2, 0.25) is 0 Å². The van der Waals surface area contributed by atoms with Crippen molar-refractivity contribution < 1.29 is 0 Å². The van der Waals surface area contributed by atoms with E-state index in [0.29, 0.717) is 0 Å². The van der Waals surface area contributed by atoms with E-state index in [1.165, 1.54) is 75.9 Å². The molecule has 5 aromatic heterocycles. The van der Waals surface area contributed by atoms with Crippen LogP contribution in [0.25, 0.3) is 126 Å². The predicted octanol–water partition coefficient (Wildman–Crippen LogP) is 13.8. The first-order chi connectivity index (χ1) is 29.3. The molecule has 5 nitrogen and oxygen atoms in total. The van der Waals surface area contributed by atoms with Crippen LogP contribution in [0.3, 0.4) is 0 Å². The zero-order valence-corrected chi connectivity index (χ0v) is 31.6. The van der Waals surface area contributed by atoms with Gasteiger partial charge in [0.15, 0.2) is 5.82 Å². The first kappa shape index (κ1) is 31.1. The molecular formula is C54H31N5. The molecule has 14 rings (SSSR count). The summed E-state index contributed by atoms with van der Waals surface area (Å²) < 4.78 is 7.22. The number of benzene rings is 9. The number of aromatic nitrogens is 5. The molecular weight excluding hydrogens is 719 g/mol. The van der Waals surface area contributed by atoms with Gasteiger partial charge in [0.1, 0.15) is 5.69 Å². The van der Waals surface area contributed by atoms with E-state index in [4.69, 9.17) is 10.2 Å². The zero-order chi connectivity index (χ0) is 38.3. The molecule has 0 atom stereocenters. The molecule has 9 aromatic carbocycles. The van der Waals surface area contributed by atoms with Gasteiger partial charge < -0.3 is 8.97 Å². The minimum Gasteiger partial charge on any atom is -0.309 e. The smallest absolute Gasteiger partial charge is 0.168 e. The van der Waals surface area contributed by atoms with Crippen LogP contribution in [0.1, 0.15) is 0 Å². The van der Waals surface area contributed by atoms with Crippen LogP contribution in [-0.2, 0) is 0 Å². The Balaban J connectivity index is 1.09. The highest BCUT2D eigenvalue weighted by Crippen LogP contribution is 2.48. The summed E-state index contributed by atoms with van der Waals surface area (Å²) in [6.45, 7) is 0. The summed E-state index contributed by atoms with van der Waals surface area (Å²) in [7, 11) is 0. The van der Waals surface area contributed by atoms with Gasteiger partial charge in [-0.3, -0.25) is 4.57 Å². The molecule has 0 bridgehead atoms.